The van der Waals surface area contributed by atoms with Crippen LogP contribution in [0.1, 0.15) is 43.0 Å². The normalized spacial score (nSPS) is 18.9. The van der Waals surface area contributed by atoms with Gasteiger partial charge in [-0.05, 0) is 62.3 Å². The lowest BCUT2D eigenvalue weighted by atomic mass is 9.88. The minimum atomic E-state index is -3.63. The lowest BCUT2D eigenvalue weighted by Crippen LogP contribution is -2.46. The molecule has 1 amide bonds. The van der Waals surface area contributed by atoms with Crippen LogP contribution in [-0.4, -0.2) is 71.4 Å². The van der Waals surface area contributed by atoms with Gasteiger partial charge in [0.1, 0.15) is 11.6 Å². The summed E-state index contributed by atoms with van der Waals surface area (Å²) in [6, 6.07) is 6.07. The quantitative estimate of drug-likeness (QED) is 0.582. The number of carbonyl (C=O) groups is 1. The average Bonchev–Trinajstić information content (AvgIpc) is 3.46. The molecule has 0 saturated carbocycles. The van der Waals surface area contributed by atoms with Crippen molar-refractivity contribution >= 4 is 26.8 Å². The Kier molecular flexibility index (Phi) is 6.35. The number of methoxy groups -OCH3 is 1. The summed E-state index contributed by atoms with van der Waals surface area (Å²) in [4.78, 5) is 22.8. The Bertz CT molecular complexity index is 1310. The number of imidazole rings is 1. The first-order valence-electron chi connectivity index (χ1n) is 12.2. The van der Waals surface area contributed by atoms with E-state index in [2.05, 4.69) is 22.2 Å². The van der Waals surface area contributed by atoms with Crippen molar-refractivity contribution in [3.8, 4) is 5.75 Å². The summed E-state index contributed by atoms with van der Waals surface area (Å²) in [5.74, 6) is 1.94. The van der Waals surface area contributed by atoms with Crippen LogP contribution in [0.3, 0.4) is 0 Å². The number of hydrogen-bond acceptors (Lipinski definition) is 5. The van der Waals surface area contributed by atoms with Gasteiger partial charge in [-0.15, -0.1) is 0 Å². The smallest absolute Gasteiger partial charge is 0.262 e. The molecule has 35 heavy (non-hydrogen) atoms. The van der Waals surface area contributed by atoms with Crippen molar-refractivity contribution in [2.75, 3.05) is 33.3 Å². The molecule has 0 spiro atoms. The van der Waals surface area contributed by atoms with E-state index in [-0.39, 0.29) is 16.9 Å². The Morgan fingerprint density at radius 3 is 2.46 bits per heavy atom. The molecular weight excluding hydrogens is 466 g/mol. The summed E-state index contributed by atoms with van der Waals surface area (Å²) in [5, 5.41) is 1.27. The van der Waals surface area contributed by atoms with E-state index in [4.69, 9.17) is 4.74 Å². The third-order valence-corrected chi connectivity index (χ3v) is 9.43. The lowest BCUT2D eigenvalue weighted by molar-refractivity contribution is -0.137. The molecule has 5 rings (SSSR count). The number of aryl methyl sites for hydroxylation is 2. The van der Waals surface area contributed by atoms with Crippen LogP contribution in [0.4, 0.5) is 0 Å². The molecule has 9 nitrogen and oxygen atoms in total. The van der Waals surface area contributed by atoms with Gasteiger partial charge in [-0.25, -0.2) is 13.4 Å². The number of aromatic amines is 1. The third-order valence-electron chi connectivity index (χ3n) is 7.66. The predicted octanol–water partition coefficient (Wildman–Crippen LogP) is 3.03. The number of hydrogen-bond donors (Lipinski definition) is 1. The number of nitrogens with zero attached hydrogens (tertiary/aromatic N) is 4. The van der Waals surface area contributed by atoms with Gasteiger partial charge in [0.25, 0.3) is 10.0 Å². The van der Waals surface area contributed by atoms with Crippen LogP contribution >= 0.6 is 0 Å². The van der Waals surface area contributed by atoms with Gasteiger partial charge in [0, 0.05) is 62.4 Å². The molecule has 2 aromatic heterocycles. The Balaban J connectivity index is 1.18. The molecule has 1 aromatic carbocycles. The van der Waals surface area contributed by atoms with Crippen LogP contribution < -0.4 is 4.74 Å². The van der Waals surface area contributed by atoms with Crippen molar-refractivity contribution in [1.29, 1.82) is 0 Å². The lowest BCUT2D eigenvalue weighted by Gasteiger charge is -2.37. The topological polar surface area (TPSA) is 101 Å². The number of aromatic nitrogens is 3. The summed E-state index contributed by atoms with van der Waals surface area (Å²) < 4.78 is 34.5. The van der Waals surface area contributed by atoms with E-state index in [0.29, 0.717) is 37.7 Å². The molecule has 2 aliphatic heterocycles. The highest BCUT2D eigenvalue weighted by molar-refractivity contribution is 7.89. The first kappa shape index (κ1) is 23.9. The van der Waals surface area contributed by atoms with Crippen LogP contribution in [0.15, 0.2) is 35.6 Å². The minimum absolute atomic E-state index is 0.0826. The van der Waals surface area contributed by atoms with Crippen LogP contribution in [0, 0.1) is 12.8 Å². The molecule has 4 heterocycles. The van der Waals surface area contributed by atoms with Gasteiger partial charge < -0.3 is 19.2 Å². The largest absolute Gasteiger partial charge is 0.497 e. The molecule has 2 aliphatic rings. The number of H-pyrrole nitrogens is 1. The maximum absolute atomic E-state index is 13.2. The minimum Gasteiger partial charge on any atom is -0.497 e. The summed E-state index contributed by atoms with van der Waals surface area (Å²) >= 11 is 0. The first-order chi connectivity index (χ1) is 16.8. The molecule has 1 N–H and O–H groups in total. The Labute approximate surface area is 206 Å². The Morgan fingerprint density at radius 2 is 1.83 bits per heavy atom. The molecule has 0 aliphatic carbocycles. The summed E-state index contributed by atoms with van der Waals surface area (Å²) in [7, 11) is -0.168. The van der Waals surface area contributed by atoms with Crippen LogP contribution in [0.25, 0.3) is 10.9 Å². The van der Waals surface area contributed by atoms with Gasteiger partial charge >= 0.3 is 0 Å². The molecule has 0 bridgehead atoms. The predicted molar refractivity (Wildman–Crippen MR) is 133 cm³/mol. The number of carbonyl (C=O) groups excluding carboxylic acids is 1. The highest BCUT2D eigenvalue weighted by Gasteiger charge is 2.36. The van der Waals surface area contributed by atoms with Crippen molar-refractivity contribution in [3.63, 3.8) is 0 Å². The number of fused-ring (bicyclic) bond motifs is 1. The molecule has 2 fully saturated rings. The number of ether oxygens (including phenoxy) is 1. The third kappa shape index (κ3) is 4.45. The first-order valence-corrected chi connectivity index (χ1v) is 13.7. The average molecular weight is 500 g/mol. The zero-order chi connectivity index (χ0) is 24.7. The van der Waals surface area contributed by atoms with E-state index in [1.807, 2.05) is 17.0 Å². The second kappa shape index (κ2) is 9.31. The number of amides is 1. The monoisotopic (exact) mass is 499 g/mol. The second-order valence-electron chi connectivity index (χ2n) is 9.67. The number of benzene rings is 1. The van der Waals surface area contributed by atoms with Gasteiger partial charge in [-0.2, -0.15) is 4.31 Å². The van der Waals surface area contributed by atoms with Gasteiger partial charge in [0.15, 0.2) is 5.03 Å². The molecule has 3 aromatic rings. The SMILES string of the molecule is COc1ccc2[nH]cc(C3CCN(C(=O)C4CCN(S(=O)(=O)c5cn(C)c(C)n5)CC4)CC3)c2c1. The van der Waals surface area contributed by atoms with Crippen molar-refractivity contribution in [2.45, 2.75) is 43.6 Å². The number of piperidine rings is 2. The van der Waals surface area contributed by atoms with Crippen LogP contribution in [0.5, 0.6) is 5.75 Å². The maximum atomic E-state index is 13.2. The summed E-state index contributed by atoms with van der Waals surface area (Å²) in [6.45, 7) is 3.93. The van der Waals surface area contributed by atoms with Gasteiger partial charge in [0.05, 0.1) is 7.11 Å². The Morgan fingerprint density at radius 1 is 1.11 bits per heavy atom. The second-order valence-corrected chi connectivity index (χ2v) is 11.6. The fourth-order valence-corrected chi connectivity index (χ4v) is 6.88. The summed E-state index contributed by atoms with van der Waals surface area (Å²) in [5.41, 5.74) is 2.39. The fraction of sp³-hybridized carbons (Fsp3) is 0.520. The van der Waals surface area contributed by atoms with Crippen LogP contribution in [-0.2, 0) is 21.9 Å². The zero-order valence-corrected chi connectivity index (χ0v) is 21.3. The summed E-state index contributed by atoms with van der Waals surface area (Å²) in [6.07, 6.45) is 6.57. The molecule has 188 valence electrons. The van der Waals surface area contributed by atoms with Gasteiger partial charge in [-0.1, -0.05) is 0 Å². The molecular formula is C25H33N5O4S. The highest BCUT2D eigenvalue weighted by Crippen LogP contribution is 2.35. The van der Waals surface area contributed by atoms with E-state index in [1.165, 1.54) is 15.3 Å². The molecule has 2 saturated heterocycles. The van der Waals surface area contributed by atoms with E-state index < -0.39 is 10.0 Å². The fourth-order valence-electron chi connectivity index (χ4n) is 5.38. The molecule has 10 heteroatoms. The van der Waals surface area contributed by atoms with E-state index in [9.17, 15) is 13.2 Å². The zero-order valence-electron chi connectivity index (χ0n) is 20.5. The van der Waals surface area contributed by atoms with E-state index in [0.717, 1.165) is 37.2 Å². The van der Waals surface area contributed by atoms with Crippen molar-refractivity contribution in [2.24, 2.45) is 13.0 Å². The Hall–Kier alpha value is -2.85. The maximum Gasteiger partial charge on any atom is 0.262 e. The molecule has 0 radical (unpaired) electrons. The molecule has 0 unspecified atom stereocenters. The van der Waals surface area contributed by atoms with Crippen molar-refractivity contribution in [1.82, 2.24) is 23.7 Å². The van der Waals surface area contributed by atoms with Crippen molar-refractivity contribution in [3.05, 3.63) is 42.0 Å². The van der Waals surface area contributed by atoms with Crippen molar-refractivity contribution < 1.29 is 17.9 Å². The number of sulfonamides is 1. The van der Waals surface area contributed by atoms with Crippen LogP contribution in [0.2, 0.25) is 0 Å². The van der Waals surface area contributed by atoms with Gasteiger partial charge in [-0.3, -0.25) is 4.79 Å². The van der Waals surface area contributed by atoms with Gasteiger partial charge in [0.2, 0.25) is 5.91 Å². The number of likely N-dealkylation sites (tertiary alicyclic amines) is 1. The number of nitrogens with one attached hydrogen (secondary N) is 1. The standard InChI is InChI=1S/C25H33N5O4S/c1-17-27-24(16-28(17)2)35(32,33)30-12-8-19(9-13-30)25(31)29-10-6-18(7-11-29)22-15-26-23-5-4-20(34-3)14-21(22)23/h4-5,14-16,18-19,26H,6-13H2,1-3H3. The number of rotatable bonds is 5. The van der Waals surface area contributed by atoms with E-state index in [1.54, 1.807) is 31.8 Å². The molecule has 0 atom stereocenters. The highest BCUT2D eigenvalue weighted by atomic mass is 32.2. The van der Waals surface area contributed by atoms with E-state index >= 15 is 0 Å².